The lowest BCUT2D eigenvalue weighted by molar-refractivity contribution is -0.123. The maximum atomic E-state index is 11.8. The van der Waals surface area contributed by atoms with Gasteiger partial charge in [0.15, 0.2) is 0 Å². The van der Waals surface area contributed by atoms with Crippen LogP contribution in [0.5, 0.6) is 5.75 Å². The fourth-order valence-electron chi connectivity index (χ4n) is 1.92. The lowest BCUT2D eigenvalue weighted by Gasteiger charge is -2.24. The van der Waals surface area contributed by atoms with Crippen molar-refractivity contribution in [3.63, 3.8) is 0 Å². The smallest absolute Gasteiger partial charge is 0.227 e. The Kier molecular flexibility index (Phi) is 3.41. The van der Waals surface area contributed by atoms with E-state index >= 15 is 0 Å². The summed E-state index contributed by atoms with van der Waals surface area (Å²) in [6.45, 7) is 0.836. The minimum atomic E-state index is -0.156. The van der Waals surface area contributed by atoms with Crippen LogP contribution in [0.15, 0.2) is 24.3 Å². The van der Waals surface area contributed by atoms with Gasteiger partial charge in [-0.25, -0.2) is 0 Å². The van der Waals surface area contributed by atoms with E-state index in [4.69, 9.17) is 9.84 Å². The van der Waals surface area contributed by atoms with Gasteiger partial charge in [-0.05, 0) is 12.5 Å². The number of para-hydroxylation sites is 1. The molecule has 1 aliphatic heterocycles. The van der Waals surface area contributed by atoms with E-state index in [1.54, 1.807) is 0 Å². The highest BCUT2D eigenvalue weighted by molar-refractivity contribution is 5.84. The Labute approximate surface area is 94.2 Å². The first-order valence-electron chi connectivity index (χ1n) is 5.43. The Bertz CT molecular complexity index is 378. The van der Waals surface area contributed by atoms with Crippen LogP contribution in [-0.4, -0.2) is 30.8 Å². The van der Waals surface area contributed by atoms with Crippen molar-refractivity contribution in [2.24, 2.45) is 0 Å². The molecular weight excluding hydrogens is 206 g/mol. The molecule has 1 aliphatic rings. The van der Waals surface area contributed by atoms with Gasteiger partial charge in [-0.2, -0.15) is 0 Å². The van der Waals surface area contributed by atoms with Crippen LogP contribution >= 0.6 is 0 Å². The van der Waals surface area contributed by atoms with Gasteiger partial charge in [-0.3, -0.25) is 4.79 Å². The number of fused-ring (bicyclic) bond motifs is 1. The van der Waals surface area contributed by atoms with Crippen molar-refractivity contribution >= 4 is 5.91 Å². The predicted molar refractivity (Wildman–Crippen MR) is 59.4 cm³/mol. The third-order valence-electron chi connectivity index (χ3n) is 2.69. The van der Waals surface area contributed by atoms with E-state index in [9.17, 15) is 4.79 Å². The molecule has 0 saturated heterocycles. The second-order valence-electron chi connectivity index (χ2n) is 3.74. The summed E-state index contributed by atoms with van der Waals surface area (Å²) < 4.78 is 5.48. The first-order valence-corrected chi connectivity index (χ1v) is 5.43. The number of hydrogen-bond acceptors (Lipinski definition) is 3. The number of rotatable bonds is 3. The molecular formula is C12H15NO3. The molecule has 1 aromatic rings. The molecule has 1 atom stereocenters. The van der Waals surface area contributed by atoms with Gasteiger partial charge in [0, 0.05) is 12.1 Å². The highest BCUT2D eigenvalue weighted by Gasteiger charge is 2.26. The lowest BCUT2D eigenvalue weighted by atomic mass is 9.92. The van der Waals surface area contributed by atoms with Crippen molar-refractivity contribution in [1.29, 1.82) is 0 Å². The summed E-state index contributed by atoms with van der Waals surface area (Å²) in [5, 5.41) is 11.4. The number of carbonyl (C=O) groups is 1. The van der Waals surface area contributed by atoms with Crippen LogP contribution in [0.1, 0.15) is 17.9 Å². The fraction of sp³-hybridized carbons (Fsp3) is 0.417. The average Bonchev–Trinajstić information content (AvgIpc) is 2.35. The highest BCUT2D eigenvalue weighted by Crippen LogP contribution is 2.33. The van der Waals surface area contributed by atoms with E-state index < -0.39 is 0 Å². The third kappa shape index (κ3) is 2.17. The largest absolute Gasteiger partial charge is 0.493 e. The second kappa shape index (κ2) is 4.99. The number of benzene rings is 1. The number of carbonyl (C=O) groups excluding carboxylic acids is 1. The predicted octanol–water partition coefficient (Wildman–Crippen LogP) is 0.661. The van der Waals surface area contributed by atoms with Crippen LogP contribution in [0.4, 0.5) is 0 Å². The Morgan fingerprint density at radius 1 is 1.50 bits per heavy atom. The zero-order valence-corrected chi connectivity index (χ0v) is 8.98. The molecule has 16 heavy (non-hydrogen) atoms. The Morgan fingerprint density at radius 2 is 2.31 bits per heavy atom. The third-order valence-corrected chi connectivity index (χ3v) is 2.69. The summed E-state index contributed by atoms with van der Waals surface area (Å²) in [5.41, 5.74) is 0.934. The fourth-order valence-corrected chi connectivity index (χ4v) is 1.92. The average molecular weight is 221 g/mol. The molecule has 1 unspecified atom stereocenters. The van der Waals surface area contributed by atoms with E-state index in [2.05, 4.69) is 5.32 Å². The van der Waals surface area contributed by atoms with E-state index in [-0.39, 0.29) is 18.4 Å². The molecule has 1 amide bonds. The Morgan fingerprint density at radius 3 is 3.12 bits per heavy atom. The van der Waals surface area contributed by atoms with Gasteiger partial charge in [-0.1, -0.05) is 18.2 Å². The van der Waals surface area contributed by atoms with Crippen LogP contribution in [0.3, 0.4) is 0 Å². The SMILES string of the molecule is O=C(NCCO)C1CCOc2ccccc21. The maximum Gasteiger partial charge on any atom is 0.227 e. The van der Waals surface area contributed by atoms with Gasteiger partial charge in [0.25, 0.3) is 0 Å². The summed E-state index contributed by atoms with van der Waals surface area (Å²) in [7, 11) is 0. The molecule has 0 bridgehead atoms. The van der Waals surface area contributed by atoms with E-state index in [1.165, 1.54) is 0 Å². The standard InChI is InChI=1S/C12H15NO3/c14-7-6-13-12(15)10-5-8-16-11-4-2-1-3-9(10)11/h1-4,10,14H,5-8H2,(H,13,15). The molecule has 2 rings (SSSR count). The topological polar surface area (TPSA) is 58.6 Å². The molecule has 1 aromatic carbocycles. The number of aliphatic hydroxyl groups excluding tert-OH is 1. The number of nitrogens with one attached hydrogen (secondary N) is 1. The first kappa shape index (κ1) is 11.0. The molecule has 0 fully saturated rings. The molecule has 0 aromatic heterocycles. The van der Waals surface area contributed by atoms with Gasteiger partial charge < -0.3 is 15.2 Å². The van der Waals surface area contributed by atoms with Gasteiger partial charge in [0.2, 0.25) is 5.91 Å². The second-order valence-corrected chi connectivity index (χ2v) is 3.74. The molecule has 0 aliphatic carbocycles. The molecule has 86 valence electrons. The quantitative estimate of drug-likeness (QED) is 0.788. The number of aliphatic hydroxyl groups is 1. The zero-order chi connectivity index (χ0) is 11.4. The zero-order valence-electron chi connectivity index (χ0n) is 8.98. The van der Waals surface area contributed by atoms with Crippen LogP contribution in [-0.2, 0) is 4.79 Å². The minimum Gasteiger partial charge on any atom is -0.493 e. The van der Waals surface area contributed by atoms with Crippen LogP contribution < -0.4 is 10.1 Å². The Balaban J connectivity index is 2.15. The van der Waals surface area contributed by atoms with E-state index in [0.717, 1.165) is 11.3 Å². The van der Waals surface area contributed by atoms with E-state index in [1.807, 2.05) is 24.3 Å². The number of hydrogen-bond donors (Lipinski definition) is 2. The minimum absolute atomic E-state index is 0.0311. The lowest BCUT2D eigenvalue weighted by Crippen LogP contribution is -2.34. The maximum absolute atomic E-state index is 11.8. The normalized spacial score (nSPS) is 18.4. The van der Waals surface area contributed by atoms with Crippen molar-refractivity contribution in [2.45, 2.75) is 12.3 Å². The molecule has 4 nitrogen and oxygen atoms in total. The molecule has 1 heterocycles. The molecule has 0 spiro atoms. The summed E-state index contributed by atoms with van der Waals surface area (Å²) in [6, 6.07) is 7.59. The summed E-state index contributed by atoms with van der Waals surface area (Å²) >= 11 is 0. The van der Waals surface area contributed by atoms with E-state index in [0.29, 0.717) is 19.6 Å². The summed E-state index contributed by atoms with van der Waals surface area (Å²) in [4.78, 5) is 11.8. The Hall–Kier alpha value is -1.55. The molecule has 0 saturated carbocycles. The van der Waals surface area contributed by atoms with Crippen LogP contribution in [0.2, 0.25) is 0 Å². The molecule has 0 radical (unpaired) electrons. The van der Waals surface area contributed by atoms with Gasteiger partial charge in [0.1, 0.15) is 5.75 Å². The number of amides is 1. The number of ether oxygens (including phenoxy) is 1. The van der Waals surface area contributed by atoms with Crippen LogP contribution in [0.25, 0.3) is 0 Å². The molecule has 2 N–H and O–H groups in total. The van der Waals surface area contributed by atoms with Crippen molar-refractivity contribution in [3.8, 4) is 5.75 Å². The van der Waals surface area contributed by atoms with Gasteiger partial charge in [0.05, 0.1) is 19.1 Å². The summed E-state index contributed by atoms with van der Waals surface area (Å²) in [6.07, 6.45) is 0.689. The van der Waals surface area contributed by atoms with Crippen molar-refractivity contribution in [1.82, 2.24) is 5.32 Å². The monoisotopic (exact) mass is 221 g/mol. The van der Waals surface area contributed by atoms with Crippen LogP contribution in [0, 0.1) is 0 Å². The van der Waals surface area contributed by atoms with Gasteiger partial charge >= 0.3 is 0 Å². The first-order chi connectivity index (χ1) is 7.83. The van der Waals surface area contributed by atoms with Crippen molar-refractivity contribution in [3.05, 3.63) is 29.8 Å². The van der Waals surface area contributed by atoms with Crippen molar-refractivity contribution in [2.75, 3.05) is 19.8 Å². The molecule has 4 heteroatoms. The van der Waals surface area contributed by atoms with Gasteiger partial charge in [-0.15, -0.1) is 0 Å². The highest BCUT2D eigenvalue weighted by atomic mass is 16.5. The summed E-state index contributed by atoms with van der Waals surface area (Å²) in [5.74, 6) is 0.596. The van der Waals surface area contributed by atoms with Crippen molar-refractivity contribution < 1.29 is 14.6 Å².